The van der Waals surface area contributed by atoms with Crippen molar-refractivity contribution in [3.05, 3.63) is 65.2 Å². The maximum absolute atomic E-state index is 12.1. The van der Waals surface area contributed by atoms with E-state index >= 15 is 0 Å². The molecule has 0 saturated heterocycles. The Morgan fingerprint density at radius 3 is 2.35 bits per heavy atom. The summed E-state index contributed by atoms with van der Waals surface area (Å²) in [7, 11) is 0. The molecule has 5 heteroatoms. The Morgan fingerprint density at radius 1 is 1.08 bits per heavy atom. The fourth-order valence-electron chi connectivity index (χ4n) is 2.60. The number of aryl methyl sites for hydroxylation is 2. The number of carbonyl (C=O) groups excluding carboxylic acids is 1. The second kappa shape index (κ2) is 9.61. The Morgan fingerprint density at radius 2 is 1.73 bits per heavy atom. The molecule has 2 aromatic rings. The van der Waals surface area contributed by atoms with Gasteiger partial charge in [0.2, 0.25) is 5.91 Å². The number of hydrogen-bond donors (Lipinski definition) is 2. The van der Waals surface area contributed by atoms with Crippen LogP contribution in [0, 0.1) is 6.92 Å². The van der Waals surface area contributed by atoms with Crippen LogP contribution in [-0.2, 0) is 16.0 Å². The van der Waals surface area contributed by atoms with Crippen molar-refractivity contribution >= 4 is 11.9 Å². The second-order valence-corrected chi connectivity index (χ2v) is 6.38. The van der Waals surface area contributed by atoms with Crippen LogP contribution in [0.3, 0.4) is 0 Å². The van der Waals surface area contributed by atoms with Gasteiger partial charge in [-0.15, -0.1) is 0 Å². The maximum atomic E-state index is 12.1. The Balaban J connectivity index is 1.75. The number of carboxylic acids is 1. The molecule has 138 valence electrons. The molecule has 0 aliphatic rings. The summed E-state index contributed by atoms with van der Waals surface area (Å²) < 4.78 is 5.10. The van der Waals surface area contributed by atoms with Gasteiger partial charge in [0.05, 0.1) is 6.04 Å². The van der Waals surface area contributed by atoms with Crippen molar-refractivity contribution in [1.82, 2.24) is 5.32 Å². The molecule has 0 bridgehead atoms. The van der Waals surface area contributed by atoms with Gasteiger partial charge in [0.15, 0.2) is 6.61 Å². The minimum Gasteiger partial charge on any atom is -0.482 e. The van der Waals surface area contributed by atoms with Crippen LogP contribution < -0.4 is 10.1 Å². The van der Waals surface area contributed by atoms with E-state index in [4.69, 9.17) is 9.84 Å². The van der Waals surface area contributed by atoms with Crippen LogP contribution in [0.25, 0.3) is 0 Å². The molecule has 0 radical (unpaired) electrons. The standard InChI is InChI=1S/C21H25NO4/c1-15-6-8-17(9-7-15)4-3-5-20(23)22-16(2)18-10-12-19(13-11-18)26-14-21(24)25/h6-13,16H,3-5,14H2,1-2H3,(H,22,23)(H,24,25). The molecule has 2 rings (SSSR count). The fourth-order valence-corrected chi connectivity index (χ4v) is 2.60. The van der Waals surface area contributed by atoms with Crippen molar-refractivity contribution < 1.29 is 19.4 Å². The Labute approximate surface area is 154 Å². The smallest absolute Gasteiger partial charge is 0.341 e. The zero-order chi connectivity index (χ0) is 18.9. The highest BCUT2D eigenvalue weighted by Gasteiger charge is 2.10. The highest BCUT2D eigenvalue weighted by Crippen LogP contribution is 2.18. The van der Waals surface area contributed by atoms with Crippen LogP contribution in [0.2, 0.25) is 0 Å². The van der Waals surface area contributed by atoms with Gasteiger partial charge in [0, 0.05) is 6.42 Å². The number of ether oxygens (including phenoxy) is 1. The van der Waals surface area contributed by atoms with Crippen LogP contribution in [0.15, 0.2) is 48.5 Å². The molecule has 0 spiro atoms. The van der Waals surface area contributed by atoms with Crippen molar-refractivity contribution in [1.29, 1.82) is 0 Å². The van der Waals surface area contributed by atoms with Crippen molar-refractivity contribution in [2.24, 2.45) is 0 Å². The molecule has 5 nitrogen and oxygen atoms in total. The van der Waals surface area contributed by atoms with Gasteiger partial charge in [0.1, 0.15) is 5.75 Å². The zero-order valence-electron chi connectivity index (χ0n) is 15.2. The summed E-state index contributed by atoms with van der Waals surface area (Å²) in [5.74, 6) is -0.496. The molecule has 0 aliphatic heterocycles. The summed E-state index contributed by atoms with van der Waals surface area (Å²) in [4.78, 5) is 22.6. The first-order valence-electron chi connectivity index (χ1n) is 8.73. The summed E-state index contributed by atoms with van der Waals surface area (Å²) in [5, 5.41) is 11.6. The van der Waals surface area contributed by atoms with Crippen molar-refractivity contribution in [2.45, 2.75) is 39.2 Å². The predicted molar refractivity (Wildman–Crippen MR) is 100 cm³/mol. The monoisotopic (exact) mass is 355 g/mol. The second-order valence-electron chi connectivity index (χ2n) is 6.38. The van der Waals surface area contributed by atoms with Crippen LogP contribution in [0.1, 0.15) is 42.5 Å². The van der Waals surface area contributed by atoms with Crippen LogP contribution in [-0.4, -0.2) is 23.6 Å². The van der Waals surface area contributed by atoms with E-state index in [0.29, 0.717) is 12.2 Å². The predicted octanol–water partition coefficient (Wildman–Crippen LogP) is 3.66. The summed E-state index contributed by atoms with van der Waals surface area (Å²) >= 11 is 0. The quantitative estimate of drug-likeness (QED) is 0.720. The maximum Gasteiger partial charge on any atom is 0.341 e. The highest BCUT2D eigenvalue weighted by molar-refractivity contribution is 5.76. The van der Waals surface area contributed by atoms with E-state index in [1.165, 1.54) is 11.1 Å². The van der Waals surface area contributed by atoms with E-state index in [-0.39, 0.29) is 18.6 Å². The van der Waals surface area contributed by atoms with Gasteiger partial charge < -0.3 is 15.2 Å². The molecule has 26 heavy (non-hydrogen) atoms. The van der Waals surface area contributed by atoms with E-state index in [0.717, 1.165) is 18.4 Å². The van der Waals surface area contributed by atoms with E-state index in [1.54, 1.807) is 12.1 Å². The number of carbonyl (C=O) groups is 2. The third-order valence-corrected chi connectivity index (χ3v) is 4.11. The molecular weight excluding hydrogens is 330 g/mol. The lowest BCUT2D eigenvalue weighted by Gasteiger charge is -2.15. The molecule has 2 N–H and O–H groups in total. The van der Waals surface area contributed by atoms with E-state index in [9.17, 15) is 9.59 Å². The number of aliphatic carboxylic acids is 1. The molecule has 0 aliphatic carbocycles. The van der Waals surface area contributed by atoms with Crippen molar-refractivity contribution in [3.8, 4) is 5.75 Å². The van der Waals surface area contributed by atoms with Gasteiger partial charge >= 0.3 is 5.97 Å². The van der Waals surface area contributed by atoms with Crippen LogP contribution in [0.5, 0.6) is 5.75 Å². The lowest BCUT2D eigenvalue weighted by molar-refractivity contribution is -0.139. The Hall–Kier alpha value is -2.82. The van der Waals surface area contributed by atoms with Gasteiger partial charge in [-0.3, -0.25) is 4.79 Å². The summed E-state index contributed by atoms with van der Waals surface area (Å²) in [5.41, 5.74) is 3.42. The molecule has 0 saturated carbocycles. The van der Waals surface area contributed by atoms with Gasteiger partial charge in [-0.2, -0.15) is 0 Å². The largest absolute Gasteiger partial charge is 0.482 e. The van der Waals surface area contributed by atoms with E-state index in [1.807, 2.05) is 19.1 Å². The zero-order valence-corrected chi connectivity index (χ0v) is 15.2. The topological polar surface area (TPSA) is 75.6 Å². The molecule has 0 heterocycles. The van der Waals surface area contributed by atoms with Gasteiger partial charge in [-0.25, -0.2) is 4.79 Å². The average Bonchev–Trinajstić information content (AvgIpc) is 2.62. The lowest BCUT2D eigenvalue weighted by atomic mass is 10.1. The first-order valence-corrected chi connectivity index (χ1v) is 8.73. The summed E-state index contributed by atoms with van der Waals surface area (Å²) in [6.45, 7) is 3.61. The SMILES string of the molecule is Cc1ccc(CCCC(=O)NC(C)c2ccc(OCC(=O)O)cc2)cc1. The number of benzene rings is 2. The fraction of sp³-hybridized carbons (Fsp3) is 0.333. The van der Waals surface area contributed by atoms with Gasteiger partial charge in [-0.1, -0.05) is 42.0 Å². The third-order valence-electron chi connectivity index (χ3n) is 4.11. The number of amides is 1. The number of carboxylic acid groups (broad SMARTS) is 1. The molecule has 0 aromatic heterocycles. The third kappa shape index (κ3) is 6.59. The van der Waals surface area contributed by atoms with Gasteiger partial charge in [-0.05, 0) is 49.9 Å². The summed E-state index contributed by atoms with van der Waals surface area (Å²) in [6.07, 6.45) is 2.18. The first-order chi connectivity index (χ1) is 12.4. The molecule has 1 unspecified atom stereocenters. The molecule has 1 atom stereocenters. The van der Waals surface area contributed by atoms with Crippen LogP contribution >= 0.6 is 0 Å². The number of hydrogen-bond acceptors (Lipinski definition) is 3. The summed E-state index contributed by atoms with van der Waals surface area (Å²) in [6, 6.07) is 15.3. The Bertz CT molecular complexity index is 723. The van der Waals surface area contributed by atoms with Crippen LogP contribution in [0.4, 0.5) is 0 Å². The van der Waals surface area contributed by atoms with Gasteiger partial charge in [0.25, 0.3) is 0 Å². The van der Waals surface area contributed by atoms with Crippen molar-refractivity contribution in [3.63, 3.8) is 0 Å². The minimum atomic E-state index is -1.01. The normalized spacial score (nSPS) is 11.6. The Kier molecular flexibility index (Phi) is 7.21. The van der Waals surface area contributed by atoms with E-state index < -0.39 is 5.97 Å². The molecule has 2 aromatic carbocycles. The van der Waals surface area contributed by atoms with Crippen molar-refractivity contribution in [2.75, 3.05) is 6.61 Å². The van der Waals surface area contributed by atoms with E-state index in [2.05, 4.69) is 36.5 Å². The molecule has 0 fully saturated rings. The molecule has 1 amide bonds. The highest BCUT2D eigenvalue weighted by atomic mass is 16.5. The lowest BCUT2D eigenvalue weighted by Crippen LogP contribution is -2.26. The number of nitrogens with one attached hydrogen (secondary N) is 1. The number of rotatable bonds is 9. The molecular formula is C21H25NO4. The average molecular weight is 355 g/mol. The first kappa shape index (κ1) is 19.5. The minimum absolute atomic E-state index is 0.0239.